The molecule has 0 saturated heterocycles. The van der Waals surface area contributed by atoms with Crippen molar-refractivity contribution in [3.8, 4) is 17.2 Å². The van der Waals surface area contributed by atoms with Gasteiger partial charge in [-0.1, -0.05) is 36.7 Å². The van der Waals surface area contributed by atoms with Crippen LogP contribution in [-0.2, 0) is 9.59 Å². The number of pyridine rings is 1. The van der Waals surface area contributed by atoms with E-state index >= 15 is 0 Å². The minimum absolute atomic E-state index is 0.00654. The van der Waals surface area contributed by atoms with Gasteiger partial charge in [0.05, 0.1) is 20.3 Å². The summed E-state index contributed by atoms with van der Waals surface area (Å²) in [7, 11) is 2.81. The number of hydrogen-bond acceptors (Lipinski definition) is 10. The van der Waals surface area contributed by atoms with Gasteiger partial charge < -0.3 is 24.6 Å². The van der Waals surface area contributed by atoms with Gasteiger partial charge in [0.15, 0.2) is 28.8 Å². The molecule has 0 radical (unpaired) electrons. The fourth-order valence-corrected chi connectivity index (χ4v) is 7.14. The number of methoxy groups -OCH3 is 2. The summed E-state index contributed by atoms with van der Waals surface area (Å²) in [5, 5.41) is 23.5. The van der Waals surface area contributed by atoms with E-state index in [0.717, 1.165) is 4.90 Å². The predicted octanol–water partition coefficient (Wildman–Crippen LogP) is 5.91. The molecule has 4 aromatic rings. The van der Waals surface area contributed by atoms with Crippen LogP contribution >= 0.6 is 23.4 Å². The van der Waals surface area contributed by atoms with Crippen molar-refractivity contribution in [2.24, 2.45) is 5.92 Å². The lowest BCUT2D eigenvalue weighted by Crippen LogP contribution is -2.53. The van der Waals surface area contributed by atoms with Gasteiger partial charge in [0.2, 0.25) is 17.3 Å². The molecular weight excluding hydrogens is 644 g/mol. The highest BCUT2D eigenvalue weighted by Gasteiger charge is 2.61. The molecule has 4 unspecified atom stereocenters. The number of aromatic nitrogens is 3. The van der Waals surface area contributed by atoms with Crippen molar-refractivity contribution in [2.45, 2.75) is 49.1 Å². The van der Waals surface area contributed by atoms with Crippen LogP contribution in [0.15, 0.2) is 71.0 Å². The summed E-state index contributed by atoms with van der Waals surface area (Å²) in [6.07, 6.45) is 3.41. The average Bonchev–Trinajstić information content (AvgIpc) is 3.64. The summed E-state index contributed by atoms with van der Waals surface area (Å²) in [6, 6.07) is 13.8. The summed E-state index contributed by atoms with van der Waals surface area (Å²) < 4.78 is 19.0. The van der Waals surface area contributed by atoms with Crippen molar-refractivity contribution in [1.82, 2.24) is 19.9 Å². The molecule has 0 fully saturated rings. The van der Waals surface area contributed by atoms with E-state index in [1.807, 2.05) is 48.7 Å². The number of Topliss-reactive ketones (excluding diaryl/α,β-unsaturated/α-hetero) is 2. The Morgan fingerprint density at radius 3 is 2.57 bits per heavy atom. The van der Waals surface area contributed by atoms with Gasteiger partial charge in [-0.3, -0.25) is 18.8 Å². The summed E-state index contributed by atoms with van der Waals surface area (Å²) in [6.45, 7) is 3.45. The lowest BCUT2D eigenvalue weighted by atomic mass is 9.69. The van der Waals surface area contributed by atoms with E-state index in [4.69, 9.17) is 25.8 Å². The normalized spacial score (nSPS) is 20.3. The van der Waals surface area contributed by atoms with Crippen molar-refractivity contribution in [1.29, 1.82) is 0 Å². The van der Waals surface area contributed by atoms with Crippen LogP contribution in [0.4, 0.5) is 0 Å². The van der Waals surface area contributed by atoms with Gasteiger partial charge in [0.25, 0.3) is 0 Å². The Bertz CT molecular complexity index is 1940. The number of carbonyl (C=O) groups is 3. The molecule has 4 atom stereocenters. The zero-order chi connectivity index (χ0) is 33.6. The average molecular weight is 677 g/mol. The van der Waals surface area contributed by atoms with Crippen molar-refractivity contribution in [3.63, 3.8) is 0 Å². The van der Waals surface area contributed by atoms with Crippen LogP contribution in [-0.4, -0.2) is 63.3 Å². The molecule has 2 N–H and O–H groups in total. The van der Waals surface area contributed by atoms with Gasteiger partial charge in [-0.25, -0.2) is 0 Å². The standard InChI is InChI=1S/C34H33ClN4O7S/c1-17-14-22(40)27(31(42)34(17)32(43)28-23(44-3)16-24(45-4)29(35)30(28)46-34)21(19-9-11-20(47-5)12-10-19)15-26(41)36-18(2)33-38-37-25-8-6-7-13-39(25)33/h6-13,16-18,21,42H,14-15H2,1-5H3,(H,36,41). The molecule has 3 heterocycles. The molecule has 2 aromatic carbocycles. The number of allylic oxidation sites excluding steroid dienone is 1. The first-order valence-electron chi connectivity index (χ1n) is 14.9. The molecule has 1 aliphatic heterocycles. The summed E-state index contributed by atoms with van der Waals surface area (Å²) in [5.41, 5.74) is -0.763. The Kier molecular flexibility index (Phi) is 8.66. The highest BCUT2D eigenvalue weighted by molar-refractivity contribution is 7.98. The van der Waals surface area contributed by atoms with E-state index in [9.17, 15) is 19.5 Å². The fraction of sp³-hybridized carbons (Fsp3) is 0.324. The van der Waals surface area contributed by atoms with E-state index in [0.29, 0.717) is 17.0 Å². The van der Waals surface area contributed by atoms with E-state index in [2.05, 4.69) is 15.5 Å². The quantitative estimate of drug-likeness (QED) is 0.206. The van der Waals surface area contributed by atoms with E-state index in [1.165, 1.54) is 20.3 Å². The molecular formula is C34H33ClN4O7S. The fourth-order valence-electron chi connectivity index (χ4n) is 6.47. The maximum atomic E-state index is 14.3. The number of aliphatic hydroxyl groups excluding tert-OH is 1. The number of amides is 1. The van der Waals surface area contributed by atoms with Crippen molar-refractivity contribution < 1.29 is 33.7 Å². The second-order valence-corrected chi connectivity index (χ2v) is 12.8. The molecule has 0 saturated carbocycles. The Labute approximate surface area is 280 Å². The highest BCUT2D eigenvalue weighted by atomic mass is 35.5. The first kappa shape index (κ1) is 32.4. The minimum Gasteiger partial charge on any atom is -0.507 e. The number of carbonyl (C=O) groups excluding carboxylic acids is 3. The van der Waals surface area contributed by atoms with Crippen molar-refractivity contribution in [3.05, 3.63) is 88.0 Å². The first-order valence-corrected chi connectivity index (χ1v) is 16.5. The maximum absolute atomic E-state index is 14.3. The molecule has 1 aliphatic carbocycles. The maximum Gasteiger partial charge on any atom is 0.231 e. The van der Waals surface area contributed by atoms with Crippen LogP contribution < -0.4 is 19.5 Å². The van der Waals surface area contributed by atoms with Crippen LogP contribution in [0.25, 0.3) is 5.65 Å². The number of aliphatic hydroxyl groups is 1. The lowest BCUT2D eigenvalue weighted by molar-refractivity contribution is -0.122. The molecule has 6 rings (SSSR count). The van der Waals surface area contributed by atoms with Crippen molar-refractivity contribution in [2.75, 3.05) is 20.5 Å². The van der Waals surface area contributed by atoms with Crippen LogP contribution in [0.5, 0.6) is 17.2 Å². The third kappa shape index (κ3) is 5.29. The van der Waals surface area contributed by atoms with Crippen LogP contribution in [0, 0.1) is 5.92 Å². The van der Waals surface area contributed by atoms with Gasteiger partial charge >= 0.3 is 0 Å². The molecule has 2 aliphatic rings. The number of hydrogen-bond donors (Lipinski definition) is 2. The predicted molar refractivity (Wildman–Crippen MR) is 176 cm³/mol. The van der Waals surface area contributed by atoms with Crippen molar-refractivity contribution >= 4 is 46.5 Å². The van der Waals surface area contributed by atoms with Crippen LogP contribution in [0.1, 0.15) is 60.4 Å². The number of ether oxygens (including phenoxy) is 3. The smallest absolute Gasteiger partial charge is 0.231 e. The summed E-state index contributed by atoms with van der Waals surface area (Å²) >= 11 is 8.15. The third-order valence-electron chi connectivity index (χ3n) is 8.87. The second kappa shape index (κ2) is 12.6. The monoisotopic (exact) mass is 676 g/mol. The van der Waals surface area contributed by atoms with Gasteiger partial charge in [-0.2, -0.15) is 0 Å². The summed E-state index contributed by atoms with van der Waals surface area (Å²) in [5.74, 6) is -2.76. The van der Waals surface area contributed by atoms with E-state index < -0.39 is 46.7 Å². The number of halogens is 1. The van der Waals surface area contributed by atoms with Gasteiger partial charge in [-0.15, -0.1) is 22.0 Å². The number of ketones is 2. The van der Waals surface area contributed by atoms with Crippen LogP contribution in [0.2, 0.25) is 5.02 Å². The molecule has 1 amide bonds. The van der Waals surface area contributed by atoms with Gasteiger partial charge in [0, 0.05) is 47.4 Å². The largest absolute Gasteiger partial charge is 0.507 e. The first-order chi connectivity index (χ1) is 22.5. The number of rotatable bonds is 9. The highest BCUT2D eigenvalue weighted by Crippen LogP contribution is 2.55. The molecule has 244 valence electrons. The minimum atomic E-state index is -1.98. The Morgan fingerprint density at radius 1 is 1.17 bits per heavy atom. The summed E-state index contributed by atoms with van der Waals surface area (Å²) in [4.78, 5) is 42.9. The van der Waals surface area contributed by atoms with E-state index in [-0.39, 0.29) is 46.2 Å². The van der Waals surface area contributed by atoms with E-state index in [1.54, 1.807) is 36.2 Å². The number of thioether (sulfide) groups is 1. The Balaban J connectivity index is 1.43. The Hall–Kier alpha value is -4.55. The van der Waals surface area contributed by atoms with Crippen LogP contribution in [0.3, 0.4) is 0 Å². The third-order valence-corrected chi connectivity index (χ3v) is 9.97. The molecule has 47 heavy (non-hydrogen) atoms. The zero-order valence-corrected chi connectivity index (χ0v) is 27.9. The molecule has 11 nitrogen and oxygen atoms in total. The number of nitrogens with one attached hydrogen (secondary N) is 1. The van der Waals surface area contributed by atoms with Gasteiger partial charge in [0.1, 0.15) is 22.1 Å². The SMILES string of the molecule is COc1cc(OC)c2c(c1Cl)OC1(C2=O)C(O)=C(C(CC(=O)NC(C)c2nnc3ccccn23)c2ccc(SC)cc2)C(=O)CC1C. The van der Waals surface area contributed by atoms with Gasteiger partial charge in [-0.05, 0) is 43.0 Å². The molecule has 0 bridgehead atoms. The molecule has 13 heteroatoms. The molecule has 2 aromatic heterocycles. The number of fused-ring (bicyclic) bond motifs is 2. The Morgan fingerprint density at radius 2 is 1.89 bits per heavy atom. The lowest BCUT2D eigenvalue weighted by Gasteiger charge is -2.38. The number of nitrogens with zero attached hydrogens (tertiary/aromatic N) is 3. The molecule has 1 spiro atoms. The zero-order valence-electron chi connectivity index (χ0n) is 26.4. The number of benzene rings is 2. The topological polar surface area (TPSA) is 141 Å². The second-order valence-electron chi connectivity index (χ2n) is 11.6.